The van der Waals surface area contributed by atoms with Gasteiger partial charge in [0.05, 0.1) is 28.9 Å². The molecule has 0 bridgehead atoms. The van der Waals surface area contributed by atoms with Crippen molar-refractivity contribution >= 4 is 22.6 Å². The van der Waals surface area contributed by atoms with Gasteiger partial charge in [0, 0.05) is 32.0 Å². The number of carbonyl (C=O) groups excluding carboxylic acids is 1. The Morgan fingerprint density at radius 2 is 1.97 bits per heavy atom. The fraction of sp³-hybridized carbons (Fsp3) is 0.435. The number of rotatable bonds is 7. The number of amides is 1. The highest BCUT2D eigenvalue weighted by Gasteiger charge is 2.23. The molecule has 4 rings (SSSR count). The molecular formula is C23H29N5O2. The van der Waals surface area contributed by atoms with E-state index in [4.69, 9.17) is 4.74 Å². The Bertz CT molecular complexity index is 996. The predicted molar refractivity (Wildman–Crippen MR) is 118 cm³/mol. The van der Waals surface area contributed by atoms with E-state index in [0.29, 0.717) is 5.56 Å². The van der Waals surface area contributed by atoms with E-state index in [2.05, 4.69) is 27.6 Å². The minimum atomic E-state index is -0.126. The molecule has 0 aliphatic carbocycles. The van der Waals surface area contributed by atoms with Crippen LogP contribution >= 0.6 is 0 Å². The van der Waals surface area contributed by atoms with Gasteiger partial charge in [-0.05, 0) is 31.7 Å². The van der Waals surface area contributed by atoms with E-state index in [1.807, 2.05) is 41.9 Å². The molecule has 1 saturated heterocycles. The van der Waals surface area contributed by atoms with Crippen molar-refractivity contribution in [3.63, 3.8) is 0 Å². The number of benzene rings is 1. The average molecular weight is 408 g/mol. The molecular weight excluding hydrogens is 378 g/mol. The summed E-state index contributed by atoms with van der Waals surface area (Å²) in [5, 5.41) is 12.1. The van der Waals surface area contributed by atoms with Crippen molar-refractivity contribution < 1.29 is 9.53 Å². The summed E-state index contributed by atoms with van der Waals surface area (Å²) in [4.78, 5) is 17.9. The molecule has 2 aromatic heterocycles. The quantitative estimate of drug-likeness (QED) is 0.620. The fourth-order valence-corrected chi connectivity index (χ4v) is 3.97. The van der Waals surface area contributed by atoms with Crippen molar-refractivity contribution in [2.75, 3.05) is 18.5 Å². The van der Waals surface area contributed by atoms with Gasteiger partial charge in [0.25, 0.3) is 5.91 Å². The third-order valence-electron chi connectivity index (χ3n) is 5.70. The Balaban J connectivity index is 1.67. The first-order valence-corrected chi connectivity index (χ1v) is 10.8. The van der Waals surface area contributed by atoms with E-state index in [1.165, 1.54) is 0 Å². The molecule has 1 fully saturated rings. The molecule has 158 valence electrons. The molecule has 1 amide bonds. The van der Waals surface area contributed by atoms with E-state index in [1.54, 1.807) is 12.4 Å². The van der Waals surface area contributed by atoms with Crippen LogP contribution < -0.4 is 10.6 Å². The number of nitrogens with one attached hydrogen (secondary N) is 2. The monoisotopic (exact) mass is 407 g/mol. The lowest BCUT2D eigenvalue weighted by Crippen LogP contribution is -2.32. The number of aromatic nitrogens is 3. The number of fused-ring (bicyclic) bond motifs is 1. The third-order valence-corrected chi connectivity index (χ3v) is 5.70. The number of carbonyl (C=O) groups is 1. The first-order chi connectivity index (χ1) is 14.7. The molecule has 30 heavy (non-hydrogen) atoms. The smallest absolute Gasteiger partial charge is 0.255 e. The van der Waals surface area contributed by atoms with Crippen molar-refractivity contribution in [1.29, 1.82) is 0 Å². The van der Waals surface area contributed by atoms with E-state index >= 15 is 0 Å². The fourth-order valence-electron chi connectivity index (χ4n) is 3.97. The van der Waals surface area contributed by atoms with Crippen LogP contribution in [-0.2, 0) is 11.3 Å². The van der Waals surface area contributed by atoms with Crippen LogP contribution in [0, 0.1) is 0 Å². The first kappa shape index (κ1) is 20.3. The van der Waals surface area contributed by atoms with Crippen LogP contribution in [0.5, 0.6) is 0 Å². The second-order valence-corrected chi connectivity index (χ2v) is 7.62. The first-order valence-electron chi connectivity index (χ1n) is 10.8. The largest absolute Gasteiger partial charge is 0.381 e. The molecule has 1 atom stereocenters. The maximum absolute atomic E-state index is 13.3. The number of ether oxygens (including phenoxy) is 1. The molecule has 1 aromatic carbocycles. The van der Waals surface area contributed by atoms with Gasteiger partial charge in [0.1, 0.15) is 0 Å². The van der Waals surface area contributed by atoms with Gasteiger partial charge < -0.3 is 15.4 Å². The molecule has 2 N–H and O–H groups in total. The molecule has 0 spiro atoms. The molecule has 7 nitrogen and oxygen atoms in total. The highest BCUT2D eigenvalue weighted by atomic mass is 16.5. The number of hydrogen-bond donors (Lipinski definition) is 2. The molecule has 1 aliphatic rings. The third kappa shape index (κ3) is 4.16. The maximum Gasteiger partial charge on any atom is 0.255 e. The summed E-state index contributed by atoms with van der Waals surface area (Å²) >= 11 is 0. The van der Waals surface area contributed by atoms with Gasteiger partial charge in [0.2, 0.25) is 0 Å². The van der Waals surface area contributed by atoms with Gasteiger partial charge >= 0.3 is 0 Å². The van der Waals surface area contributed by atoms with Crippen LogP contribution in [0.3, 0.4) is 0 Å². The Morgan fingerprint density at radius 3 is 2.67 bits per heavy atom. The zero-order valence-corrected chi connectivity index (χ0v) is 17.6. The Morgan fingerprint density at radius 1 is 1.20 bits per heavy atom. The molecule has 1 aliphatic heterocycles. The van der Waals surface area contributed by atoms with Gasteiger partial charge in [-0.1, -0.05) is 37.3 Å². The number of pyridine rings is 1. The van der Waals surface area contributed by atoms with Crippen molar-refractivity contribution in [1.82, 2.24) is 20.1 Å². The lowest BCUT2D eigenvalue weighted by atomic mass is 10.0. The molecule has 3 aromatic rings. The van der Waals surface area contributed by atoms with Gasteiger partial charge in [-0.25, -0.2) is 9.67 Å². The van der Waals surface area contributed by atoms with Gasteiger partial charge in [0.15, 0.2) is 5.65 Å². The lowest BCUT2D eigenvalue weighted by Gasteiger charge is -2.26. The molecule has 0 saturated carbocycles. The summed E-state index contributed by atoms with van der Waals surface area (Å²) in [7, 11) is 0. The minimum Gasteiger partial charge on any atom is -0.381 e. The number of aryl methyl sites for hydroxylation is 1. The SMILES string of the molecule is CCC(NC(=O)c1cnc2c(cnn2CC)c1NC1CCOCC1)c1ccccc1. The van der Waals surface area contributed by atoms with Gasteiger partial charge in [-0.3, -0.25) is 4.79 Å². The summed E-state index contributed by atoms with van der Waals surface area (Å²) < 4.78 is 7.34. The Kier molecular flexibility index (Phi) is 6.28. The Hall–Kier alpha value is -2.93. The lowest BCUT2D eigenvalue weighted by molar-refractivity contribution is 0.0903. The van der Waals surface area contributed by atoms with Gasteiger partial charge in [-0.15, -0.1) is 0 Å². The topological polar surface area (TPSA) is 81.1 Å². The molecule has 0 radical (unpaired) electrons. The van der Waals surface area contributed by atoms with Crippen LogP contribution in [0.4, 0.5) is 5.69 Å². The van der Waals surface area contributed by atoms with Crippen LogP contribution in [0.25, 0.3) is 11.0 Å². The second-order valence-electron chi connectivity index (χ2n) is 7.62. The minimum absolute atomic E-state index is 0.0521. The van der Waals surface area contributed by atoms with Crippen molar-refractivity contribution in [2.24, 2.45) is 0 Å². The molecule has 7 heteroatoms. The highest BCUT2D eigenvalue weighted by Crippen LogP contribution is 2.29. The van der Waals surface area contributed by atoms with Crippen LogP contribution in [0.2, 0.25) is 0 Å². The van der Waals surface area contributed by atoms with E-state index in [9.17, 15) is 4.79 Å². The van der Waals surface area contributed by atoms with Crippen molar-refractivity contribution in [3.05, 3.63) is 53.9 Å². The van der Waals surface area contributed by atoms with E-state index < -0.39 is 0 Å². The molecule has 1 unspecified atom stereocenters. The van der Waals surface area contributed by atoms with E-state index in [0.717, 1.165) is 61.3 Å². The van der Waals surface area contributed by atoms with Gasteiger partial charge in [-0.2, -0.15) is 5.10 Å². The van der Waals surface area contributed by atoms with Crippen molar-refractivity contribution in [3.8, 4) is 0 Å². The zero-order valence-electron chi connectivity index (χ0n) is 17.6. The summed E-state index contributed by atoms with van der Waals surface area (Å²) in [6, 6.07) is 10.3. The normalized spacial score (nSPS) is 15.8. The van der Waals surface area contributed by atoms with Crippen LogP contribution in [0.1, 0.15) is 55.1 Å². The summed E-state index contributed by atoms with van der Waals surface area (Å²) in [5.74, 6) is -0.126. The molecule has 3 heterocycles. The maximum atomic E-state index is 13.3. The summed E-state index contributed by atoms with van der Waals surface area (Å²) in [6.07, 6.45) is 6.11. The predicted octanol–water partition coefficient (Wildman–Crippen LogP) is 3.92. The number of anilines is 1. The zero-order chi connectivity index (χ0) is 20.9. The number of hydrogen-bond acceptors (Lipinski definition) is 5. The summed E-state index contributed by atoms with van der Waals surface area (Å²) in [6.45, 7) is 6.30. The van der Waals surface area contributed by atoms with E-state index in [-0.39, 0.29) is 18.0 Å². The summed E-state index contributed by atoms with van der Waals surface area (Å²) in [5.41, 5.74) is 3.25. The van der Waals surface area contributed by atoms with Crippen molar-refractivity contribution in [2.45, 2.75) is 51.7 Å². The van der Waals surface area contributed by atoms with Crippen LogP contribution in [0.15, 0.2) is 42.7 Å². The second kappa shape index (κ2) is 9.26. The van der Waals surface area contributed by atoms with Crippen LogP contribution in [-0.4, -0.2) is 39.9 Å². The number of nitrogens with zero attached hydrogens (tertiary/aromatic N) is 3. The average Bonchev–Trinajstić information content (AvgIpc) is 3.22. The standard InChI is InChI=1S/C23H29N5O2/c1-3-20(16-8-6-5-7-9-16)27-23(29)19-14-24-22-18(15-25-28(22)4-2)21(19)26-17-10-12-30-13-11-17/h5-9,14-15,17,20H,3-4,10-13H2,1-2H3,(H,24,26)(H,27,29). The highest BCUT2D eigenvalue weighted by molar-refractivity contribution is 6.06. The Labute approximate surface area is 176 Å².